The van der Waals surface area contributed by atoms with Crippen LogP contribution in [0.1, 0.15) is 11.1 Å². The number of aromatic nitrogens is 1. The van der Waals surface area contributed by atoms with Gasteiger partial charge in [0.25, 0.3) is 0 Å². The maximum Gasteiger partial charge on any atom is 0.179 e. The zero-order valence-electron chi connectivity index (χ0n) is 12.0. The molecule has 0 amide bonds. The van der Waals surface area contributed by atoms with Crippen molar-refractivity contribution in [1.29, 1.82) is 0 Å². The second-order valence-corrected chi connectivity index (χ2v) is 5.01. The van der Waals surface area contributed by atoms with Crippen LogP contribution in [0.25, 0.3) is 0 Å². The van der Waals surface area contributed by atoms with Gasteiger partial charge in [-0.15, -0.1) is 0 Å². The van der Waals surface area contributed by atoms with Crippen LogP contribution in [-0.4, -0.2) is 25.2 Å². The van der Waals surface area contributed by atoms with Gasteiger partial charge >= 0.3 is 0 Å². The average Bonchev–Trinajstić information content (AvgIpc) is 2.50. The first-order valence-corrected chi connectivity index (χ1v) is 7.20. The molecule has 0 aliphatic carbocycles. The van der Waals surface area contributed by atoms with E-state index in [2.05, 4.69) is 4.98 Å². The van der Waals surface area contributed by atoms with Gasteiger partial charge in [0.05, 0.1) is 18.7 Å². The molecule has 0 spiro atoms. The average molecular weight is 307 g/mol. The highest BCUT2D eigenvalue weighted by molar-refractivity contribution is 6.32. The van der Waals surface area contributed by atoms with Gasteiger partial charge in [0.15, 0.2) is 11.5 Å². The van der Waals surface area contributed by atoms with E-state index in [0.29, 0.717) is 29.7 Å². The smallest absolute Gasteiger partial charge is 0.179 e. The number of hydrogen-bond acceptors (Lipinski definition) is 4. The van der Waals surface area contributed by atoms with E-state index in [0.717, 1.165) is 18.4 Å². The molecule has 0 fully saturated rings. The maximum atomic E-state index is 6.27. The molecular formula is C16H19ClN2O2. The molecule has 0 bridgehead atoms. The van der Waals surface area contributed by atoms with Crippen molar-refractivity contribution in [3.8, 4) is 11.5 Å². The molecule has 2 rings (SSSR count). The molecule has 2 aromatic rings. The Morgan fingerprint density at radius 2 is 1.90 bits per heavy atom. The molecule has 0 saturated heterocycles. The predicted octanol–water partition coefficient (Wildman–Crippen LogP) is 2.87. The molecule has 4 nitrogen and oxygen atoms in total. The fourth-order valence-corrected chi connectivity index (χ4v) is 2.33. The fourth-order valence-electron chi connectivity index (χ4n) is 2.04. The van der Waals surface area contributed by atoms with Crippen molar-refractivity contribution in [2.45, 2.75) is 12.8 Å². The number of nitrogens with zero attached hydrogens (tertiary/aromatic N) is 1. The molecule has 1 aromatic heterocycles. The molecule has 1 aromatic carbocycles. The summed E-state index contributed by atoms with van der Waals surface area (Å²) in [6.45, 7) is 1.10. The molecule has 0 unspecified atom stereocenters. The van der Waals surface area contributed by atoms with E-state index in [1.807, 2.05) is 24.3 Å². The van der Waals surface area contributed by atoms with E-state index in [4.69, 9.17) is 26.8 Å². The molecule has 0 aliphatic heterocycles. The summed E-state index contributed by atoms with van der Waals surface area (Å²) in [4.78, 5) is 3.99. The van der Waals surface area contributed by atoms with Gasteiger partial charge in [-0.05, 0) is 48.4 Å². The zero-order valence-corrected chi connectivity index (χ0v) is 12.8. The first kappa shape index (κ1) is 15.6. The SMILES string of the molecule is COc1cc(CCN)cc(Cl)c1OCCc1ccncc1. The van der Waals surface area contributed by atoms with Gasteiger partial charge in [-0.1, -0.05) is 11.6 Å². The fraction of sp³-hybridized carbons (Fsp3) is 0.312. The molecular weight excluding hydrogens is 288 g/mol. The highest BCUT2D eigenvalue weighted by Gasteiger charge is 2.11. The van der Waals surface area contributed by atoms with E-state index in [9.17, 15) is 0 Å². The van der Waals surface area contributed by atoms with Gasteiger partial charge in [-0.25, -0.2) is 0 Å². The number of rotatable bonds is 7. The zero-order chi connectivity index (χ0) is 15.1. The van der Waals surface area contributed by atoms with E-state index in [-0.39, 0.29) is 0 Å². The summed E-state index contributed by atoms with van der Waals surface area (Å²) < 4.78 is 11.1. The van der Waals surface area contributed by atoms with Crippen LogP contribution in [-0.2, 0) is 12.8 Å². The molecule has 21 heavy (non-hydrogen) atoms. The van der Waals surface area contributed by atoms with Crippen molar-refractivity contribution in [2.24, 2.45) is 5.73 Å². The third-order valence-corrected chi connectivity index (χ3v) is 3.39. The van der Waals surface area contributed by atoms with Crippen LogP contribution in [0.15, 0.2) is 36.7 Å². The van der Waals surface area contributed by atoms with Crippen LogP contribution in [0.5, 0.6) is 11.5 Å². The minimum atomic E-state index is 0.524. The maximum absolute atomic E-state index is 6.27. The Hall–Kier alpha value is -1.78. The lowest BCUT2D eigenvalue weighted by molar-refractivity contribution is 0.297. The topological polar surface area (TPSA) is 57.4 Å². The van der Waals surface area contributed by atoms with E-state index in [1.54, 1.807) is 19.5 Å². The van der Waals surface area contributed by atoms with Gasteiger partial charge in [-0.2, -0.15) is 0 Å². The Morgan fingerprint density at radius 3 is 2.57 bits per heavy atom. The lowest BCUT2D eigenvalue weighted by Gasteiger charge is -2.14. The third kappa shape index (κ3) is 4.34. The first-order chi connectivity index (χ1) is 10.2. The summed E-state index contributed by atoms with van der Waals surface area (Å²) in [7, 11) is 1.60. The van der Waals surface area contributed by atoms with Crippen molar-refractivity contribution < 1.29 is 9.47 Å². The van der Waals surface area contributed by atoms with Crippen molar-refractivity contribution in [2.75, 3.05) is 20.3 Å². The highest BCUT2D eigenvalue weighted by atomic mass is 35.5. The number of methoxy groups -OCH3 is 1. The lowest BCUT2D eigenvalue weighted by Crippen LogP contribution is -2.06. The Labute approximate surface area is 129 Å². The minimum Gasteiger partial charge on any atom is -0.493 e. The van der Waals surface area contributed by atoms with Gasteiger partial charge in [-0.3, -0.25) is 4.98 Å². The molecule has 0 radical (unpaired) electrons. The van der Waals surface area contributed by atoms with Crippen LogP contribution >= 0.6 is 11.6 Å². The molecule has 5 heteroatoms. The van der Waals surface area contributed by atoms with Crippen molar-refractivity contribution in [3.05, 3.63) is 52.8 Å². The molecule has 2 N–H and O–H groups in total. The monoisotopic (exact) mass is 306 g/mol. The molecule has 1 heterocycles. The lowest BCUT2D eigenvalue weighted by atomic mass is 10.1. The summed E-state index contributed by atoms with van der Waals surface area (Å²) in [5.41, 5.74) is 7.77. The third-order valence-electron chi connectivity index (χ3n) is 3.11. The number of pyridine rings is 1. The van der Waals surface area contributed by atoms with Crippen molar-refractivity contribution in [1.82, 2.24) is 4.98 Å². The van der Waals surface area contributed by atoms with Gasteiger partial charge in [0, 0.05) is 18.8 Å². The minimum absolute atomic E-state index is 0.524. The quantitative estimate of drug-likeness (QED) is 0.854. The second-order valence-electron chi connectivity index (χ2n) is 4.60. The molecule has 112 valence electrons. The molecule has 0 aliphatic rings. The van der Waals surface area contributed by atoms with Crippen molar-refractivity contribution >= 4 is 11.6 Å². The van der Waals surface area contributed by atoms with E-state index < -0.39 is 0 Å². The van der Waals surface area contributed by atoms with Crippen molar-refractivity contribution in [3.63, 3.8) is 0 Å². The van der Waals surface area contributed by atoms with Gasteiger partial charge < -0.3 is 15.2 Å². The summed E-state index contributed by atoms with van der Waals surface area (Å²) >= 11 is 6.27. The molecule has 0 saturated carbocycles. The number of ether oxygens (including phenoxy) is 2. The van der Waals surface area contributed by atoms with Crippen LogP contribution in [0, 0.1) is 0 Å². The summed E-state index contributed by atoms with van der Waals surface area (Å²) in [6.07, 6.45) is 5.08. The standard InChI is InChI=1S/C16H19ClN2O2/c1-20-15-11-13(2-6-18)10-14(17)16(15)21-9-5-12-3-7-19-8-4-12/h3-4,7-8,10-11H,2,5-6,9,18H2,1H3. The Bertz CT molecular complexity index is 576. The largest absolute Gasteiger partial charge is 0.493 e. The predicted molar refractivity (Wildman–Crippen MR) is 84.2 cm³/mol. The van der Waals surface area contributed by atoms with Crippen LogP contribution in [0.2, 0.25) is 5.02 Å². The van der Waals surface area contributed by atoms with E-state index in [1.165, 1.54) is 5.56 Å². The van der Waals surface area contributed by atoms with Gasteiger partial charge in [0.1, 0.15) is 0 Å². The number of halogens is 1. The Kier molecular flexibility index (Phi) is 5.84. The first-order valence-electron chi connectivity index (χ1n) is 6.82. The summed E-state index contributed by atoms with van der Waals surface area (Å²) in [5.74, 6) is 1.22. The van der Waals surface area contributed by atoms with E-state index >= 15 is 0 Å². The van der Waals surface area contributed by atoms with Gasteiger partial charge in [0.2, 0.25) is 0 Å². The Morgan fingerprint density at radius 1 is 1.14 bits per heavy atom. The normalized spacial score (nSPS) is 10.4. The highest BCUT2D eigenvalue weighted by Crippen LogP contribution is 2.36. The summed E-state index contributed by atoms with van der Waals surface area (Å²) in [5, 5.41) is 0.549. The number of benzene rings is 1. The second kappa shape index (κ2) is 7.86. The number of nitrogens with two attached hydrogens (primary N) is 1. The number of hydrogen-bond donors (Lipinski definition) is 1. The van der Waals surface area contributed by atoms with Crippen LogP contribution in [0.4, 0.5) is 0 Å². The van der Waals surface area contributed by atoms with Crippen LogP contribution < -0.4 is 15.2 Å². The Balaban J connectivity index is 2.05. The van der Waals surface area contributed by atoms with Crippen LogP contribution in [0.3, 0.4) is 0 Å². The summed E-state index contributed by atoms with van der Waals surface area (Å²) in [6, 6.07) is 7.72. The molecule has 0 atom stereocenters.